The largest absolute Gasteiger partial charge is 0.748 e. The van der Waals surface area contributed by atoms with Crippen molar-refractivity contribution in [2.24, 2.45) is 5.16 Å². The van der Waals surface area contributed by atoms with Gasteiger partial charge in [-0.2, -0.15) is 0 Å². The first kappa shape index (κ1) is 8.38. The minimum Gasteiger partial charge on any atom is -0.748 e. The van der Waals surface area contributed by atoms with Crippen LogP contribution in [0.25, 0.3) is 0 Å². The second kappa shape index (κ2) is 2.79. The Morgan fingerprint density at radius 1 is 1.78 bits per heavy atom. The molecule has 0 aliphatic carbocycles. The molecule has 0 aromatic rings. The van der Waals surface area contributed by atoms with Gasteiger partial charge in [0.25, 0.3) is 0 Å². The Morgan fingerprint density at radius 3 is 2.33 bits per heavy atom. The van der Waals surface area contributed by atoms with Gasteiger partial charge in [-0.25, -0.2) is 8.42 Å². The fraction of sp³-hybridized carbons (Fsp3) is 0.667. The third-order valence-corrected chi connectivity index (χ3v) is 1.33. The van der Waals surface area contributed by atoms with E-state index in [0.717, 1.165) is 0 Å². The Kier molecular flexibility index (Phi) is 2.60. The first-order chi connectivity index (χ1) is 3.95. The van der Waals surface area contributed by atoms with Crippen molar-refractivity contribution in [3.05, 3.63) is 0 Å². The molecule has 0 aromatic heterocycles. The highest BCUT2D eigenvalue weighted by molar-refractivity contribution is 7.86. The Balaban J connectivity index is 4.07. The molecule has 0 unspecified atom stereocenters. The van der Waals surface area contributed by atoms with Crippen LogP contribution in [0.5, 0.6) is 0 Å². The minimum absolute atomic E-state index is 0.106. The Bertz CT molecular complexity index is 204. The average Bonchev–Trinajstić information content (AvgIpc) is 1.62. The SMILES string of the molecule is CC(CS(=O)(=O)[O-])=NO. The molecule has 0 aliphatic rings. The molecule has 0 radical (unpaired) electrons. The molecule has 0 fully saturated rings. The Hall–Kier alpha value is -0.620. The molecule has 54 valence electrons. The van der Waals surface area contributed by atoms with Crippen LogP contribution in [0, 0.1) is 0 Å². The zero-order chi connectivity index (χ0) is 7.49. The van der Waals surface area contributed by atoms with Crippen LogP contribution in [-0.2, 0) is 10.1 Å². The van der Waals surface area contributed by atoms with E-state index in [-0.39, 0.29) is 5.71 Å². The van der Waals surface area contributed by atoms with Crippen LogP contribution in [0.4, 0.5) is 0 Å². The third kappa shape index (κ3) is 5.25. The molecule has 0 amide bonds. The quantitative estimate of drug-likeness (QED) is 0.247. The molecule has 0 rings (SSSR count). The van der Waals surface area contributed by atoms with Gasteiger partial charge in [-0.3, -0.25) is 0 Å². The van der Waals surface area contributed by atoms with Crippen molar-refractivity contribution < 1.29 is 18.2 Å². The number of nitrogens with zero attached hydrogens (tertiary/aromatic N) is 1. The highest BCUT2D eigenvalue weighted by Gasteiger charge is 1.97. The molecule has 1 N–H and O–H groups in total. The van der Waals surface area contributed by atoms with E-state index in [9.17, 15) is 13.0 Å². The van der Waals surface area contributed by atoms with Gasteiger partial charge < -0.3 is 9.76 Å². The fourth-order valence-corrected chi connectivity index (χ4v) is 0.854. The highest BCUT2D eigenvalue weighted by Crippen LogP contribution is 1.83. The summed E-state index contributed by atoms with van der Waals surface area (Å²) in [5.41, 5.74) is -0.106. The van der Waals surface area contributed by atoms with Gasteiger partial charge in [0, 0.05) is 0 Å². The zero-order valence-electron chi connectivity index (χ0n) is 4.73. The molecule has 0 bridgehead atoms. The first-order valence-corrected chi connectivity index (χ1v) is 3.64. The van der Waals surface area contributed by atoms with Crippen molar-refractivity contribution in [2.45, 2.75) is 6.92 Å². The molecule has 6 heteroatoms. The van der Waals surface area contributed by atoms with E-state index in [2.05, 4.69) is 5.16 Å². The lowest BCUT2D eigenvalue weighted by molar-refractivity contribution is 0.318. The maximum atomic E-state index is 9.85. The average molecular weight is 152 g/mol. The summed E-state index contributed by atoms with van der Waals surface area (Å²) < 4.78 is 29.6. The van der Waals surface area contributed by atoms with E-state index >= 15 is 0 Å². The van der Waals surface area contributed by atoms with Gasteiger partial charge in [-0.15, -0.1) is 0 Å². The maximum absolute atomic E-state index is 9.85. The van der Waals surface area contributed by atoms with E-state index in [1.165, 1.54) is 6.92 Å². The van der Waals surface area contributed by atoms with Gasteiger partial charge in [-0.1, -0.05) is 5.16 Å². The first-order valence-electron chi connectivity index (χ1n) is 2.07. The molecule has 0 atom stereocenters. The van der Waals surface area contributed by atoms with E-state index < -0.39 is 15.9 Å². The number of rotatable bonds is 2. The molecular formula is C3H6NO4S-. The van der Waals surface area contributed by atoms with Crippen molar-refractivity contribution >= 4 is 15.8 Å². The van der Waals surface area contributed by atoms with Crippen LogP contribution in [0.15, 0.2) is 5.16 Å². The van der Waals surface area contributed by atoms with Gasteiger partial charge in [-0.05, 0) is 6.92 Å². The Labute approximate surface area is 52.7 Å². The molecule has 0 saturated carbocycles. The molecule has 9 heavy (non-hydrogen) atoms. The highest BCUT2D eigenvalue weighted by atomic mass is 32.2. The lowest BCUT2D eigenvalue weighted by Gasteiger charge is -2.02. The standard InChI is InChI=1S/C3H7NO4S/c1-3(4-5)2-9(6,7)8/h5H,2H2,1H3,(H,6,7,8)/p-1. The summed E-state index contributed by atoms with van der Waals surface area (Å²) >= 11 is 0. The predicted octanol–water partition coefficient (Wildman–Crippen LogP) is -0.618. The molecule has 0 heterocycles. The zero-order valence-corrected chi connectivity index (χ0v) is 5.55. The van der Waals surface area contributed by atoms with E-state index in [4.69, 9.17) is 5.21 Å². The molecule has 0 saturated heterocycles. The van der Waals surface area contributed by atoms with Crippen LogP contribution in [0.2, 0.25) is 0 Å². The molecule has 5 nitrogen and oxygen atoms in total. The summed E-state index contributed by atoms with van der Waals surface area (Å²) in [6, 6.07) is 0. The Morgan fingerprint density at radius 2 is 2.22 bits per heavy atom. The van der Waals surface area contributed by atoms with Crippen LogP contribution < -0.4 is 0 Å². The summed E-state index contributed by atoms with van der Waals surface area (Å²) in [5.74, 6) is -0.733. The summed E-state index contributed by atoms with van der Waals surface area (Å²) in [6.07, 6.45) is 0. The van der Waals surface area contributed by atoms with Crippen LogP contribution in [-0.4, -0.2) is 29.6 Å². The topological polar surface area (TPSA) is 89.8 Å². The summed E-state index contributed by atoms with van der Waals surface area (Å²) in [7, 11) is -4.28. The van der Waals surface area contributed by atoms with Crippen LogP contribution in [0.3, 0.4) is 0 Å². The summed E-state index contributed by atoms with van der Waals surface area (Å²) in [4.78, 5) is 0. The van der Waals surface area contributed by atoms with Gasteiger partial charge >= 0.3 is 0 Å². The lowest BCUT2D eigenvalue weighted by Crippen LogP contribution is -2.11. The summed E-state index contributed by atoms with van der Waals surface area (Å²) in [5, 5.41) is 10.4. The van der Waals surface area contributed by atoms with Crippen molar-refractivity contribution in [2.75, 3.05) is 5.75 Å². The van der Waals surface area contributed by atoms with Crippen LogP contribution >= 0.6 is 0 Å². The normalized spacial score (nSPS) is 13.8. The van der Waals surface area contributed by atoms with Gasteiger partial charge in [0.05, 0.1) is 11.5 Å². The lowest BCUT2D eigenvalue weighted by atomic mass is 10.5. The number of oxime groups is 1. The van der Waals surface area contributed by atoms with Crippen molar-refractivity contribution in [3.63, 3.8) is 0 Å². The molecule has 0 aliphatic heterocycles. The van der Waals surface area contributed by atoms with Crippen LogP contribution in [0.1, 0.15) is 6.92 Å². The molecular weight excluding hydrogens is 146 g/mol. The van der Waals surface area contributed by atoms with E-state index in [1.807, 2.05) is 0 Å². The van der Waals surface area contributed by atoms with Crippen molar-refractivity contribution in [1.29, 1.82) is 0 Å². The van der Waals surface area contributed by atoms with Gasteiger partial charge in [0.1, 0.15) is 10.1 Å². The monoisotopic (exact) mass is 152 g/mol. The third-order valence-electron chi connectivity index (χ3n) is 0.556. The number of hydrogen-bond acceptors (Lipinski definition) is 5. The second-order valence-electron chi connectivity index (χ2n) is 1.54. The molecule has 0 spiro atoms. The second-order valence-corrected chi connectivity index (χ2v) is 2.94. The minimum atomic E-state index is -4.28. The smallest absolute Gasteiger partial charge is 0.100 e. The van der Waals surface area contributed by atoms with E-state index in [0.29, 0.717) is 0 Å². The predicted molar refractivity (Wildman–Crippen MR) is 29.5 cm³/mol. The van der Waals surface area contributed by atoms with Gasteiger partial charge in [0.15, 0.2) is 0 Å². The molecule has 0 aromatic carbocycles. The maximum Gasteiger partial charge on any atom is 0.100 e. The van der Waals surface area contributed by atoms with Gasteiger partial charge in [0.2, 0.25) is 0 Å². The van der Waals surface area contributed by atoms with Crippen molar-refractivity contribution in [3.8, 4) is 0 Å². The number of hydrogen-bond donors (Lipinski definition) is 1. The fourth-order valence-electron chi connectivity index (χ4n) is 0.285. The van der Waals surface area contributed by atoms with Crippen molar-refractivity contribution in [1.82, 2.24) is 0 Å². The summed E-state index contributed by atoms with van der Waals surface area (Å²) in [6.45, 7) is 1.25. The van der Waals surface area contributed by atoms with E-state index in [1.54, 1.807) is 0 Å².